The Kier molecular flexibility index (Phi) is 4.85. The van der Waals surface area contributed by atoms with Crippen LogP contribution in [0.15, 0.2) is 0 Å². The number of aliphatic hydroxyl groups is 2. The maximum Gasteiger partial charge on any atom is 1.00 e. The van der Waals surface area contributed by atoms with Crippen LogP contribution in [0.1, 0.15) is 19.8 Å². The van der Waals surface area contributed by atoms with Crippen LogP contribution in [0.2, 0.25) is 0 Å². The van der Waals surface area contributed by atoms with Gasteiger partial charge in [0.05, 0.1) is 12.2 Å². The van der Waals surface area contributed by atoms with Gasteiger partial charge in [0.15, 0.2) is 0 Å². The molecule has 5 nitrogen and oxygen atoms in total. The Bertz CT molecular complexity index is 185. The topological polar surface area (TPSA) is 89.8 Å². The van der Waals surface area contributed by atoms with Gasteiger partial charge in [-0.1, -0.05) is 0 Å². The summed E-state index contributed by atoms with van der Waals surface area (Å²) in [4.78, 5) is 10.4. The van der Waals surface area contributed by atoms with Crippen LogP contribution in [-0.4, -0.2) is 34.2 Å². The van der Waals surface area contributed by atoms with Gasteiger partial charge < -0.3 is 24.9 Å². The van der Waals surface area contributed by atoms with E-state index >= 15 is 0 Å². The quantitative estimate of drug-likeness (QED) is 0.412. The van der Waals surface area contributed by atoms with E-state index < -0.39 is 24.0 Å². The molecule has 1 aliphatic rings. The number of carbonyl (C=O) groups is 1. The second-order valence-electron chi connectivity index (χ2n) is 3.09. The van der Waals surface area contributed by atoms with E-state index in [1.165, 1.54) is 0 Å². The van der Waals surface area contributed by atoms with Crippen LogP contribution in [0.5, 0.6) is 0 Å². The molecule has 0 aromatic carbocycles. The summed E-state index contributed by atoms with van der Waals surface area (Å²) in [6, 6.07) is 0. The summed E-state index contributed by atoms with van der Waals surface area (Å²) in [5, 5.41) is 28.7. The summed E-state index contributed by atoms with van der Waals surface area (Å²) >= 11 is 0. The molecule has 70 valence electrons. The first-order chi connectivity index (χ1) is 5.44. The second-order valence-corrected chi connectivity index (χ2v) is 3.09. The Morgan fingerprint density at radius 1 is 1.69 bits per heavy atom. The minimum Gasteiger partial charge on any atom is -0.544 e. The smallest absolute Gasteiger partial charge is 0.544 e. The largest absolute Gasteiger partial charge is 1.00 e. The third-order valence-electron chi connectivity index (χ3n) is 1.83. The normalized spacial score (nSPS) is 39.3. The Morgan fingerprint density at radius 3 is 2.62 bits per heavy atom. The van der Waals surface area contributed by atoms with Crippen LogP contribution < -0.4 is 34.7 Å². The van der Waals surface area contributed by atoms with Gasteiger partial charge in [-0.05, 0) is 13.3 Å². The molecule has 0 aliphatic carbocycles. The number of rotatable bonds is 1. The first kappa shape index (κ1) is 13.4. The molecule has 13 heavy (non-hydrogen) atoms. The van der Waals surface area contributed by atoms with Crippen LogP contribution in [0.25, 0.3) is 0 Å². The number of hydrogen-bond acceptors (Lipinski definition) is 5. The molecule has 1 aliphatic heterocycles. The molecule has 0 amide bonds. The fourth-order valence-corrected chi connectivity index (χ4v) is 1.35. The standard InChI is InChI=1S/C7H12O5.Na/c1-4-2-5(8)3-7(11,12-4)6(9)10;/h4-5,8,11H,2-3H2,1H3,(H,9,10);/q;+1/p-1/t4-,5+,7?;/m0./s1. The predicted octanol–water partition coefficient (Wildman–Crippen LogP) is -5.01. The second kappa shape index (κ2) is 4.72. The first-order valence-corrected chi connectivity index (χ1v) is 3.74. The van der Waals surface area contributed by atoms with Crippen LogP contribution in [0.4, 0.5) is 0 Å². The Morgan fingerprint density at radius 2 is 2.23 bits per heavy atom. The monoisotopic (exact) mass is 198 g/mol. The number of aliphatic carboxylic acids is 1. The van der Waals surface area contributed by atoms with E-state index in [1.54, 1.807) is 6.92 Å². The van der Waals surface area contributed by atoms with Crippen molar-refractivity contribution in [3.63, 3.8) is 0 Å². The molecule has 3 atom stereocenters. The van der Waals surface area contributed by atoms with Crippen molar-refractivity contribution in [1.29, 1.82) is 0 Å². The van der Waals surface area contributed by atoms with Crippen molar-refractivity contribution in [2.45, 2.75) is 37.8 Å². The number of carboxylic acids is 1. The maximum atomic E-state index is 10.4. The minimum atomic E-state index is -2.32. The Balaban J connectivity index is 0.00000144. The van der Waals surface area contributed by atoms with Crippen molar-refractivity contribution in [2.24, 2.45) is 0 Å². The van der Waals surface area contributed by atoms with Gasteiger partial charge in [-0.15, -0.1) is 0 Å². The minimum absolute atomic E-state index is 0. The summed E-state index contributed by atoms with van der Waals surface area (Å²) in [7, 11) is 0. The van der Waals surface area contributed by atoms with E-state index in [0.29, 0.717) is 6.42 Å². The summed E-state index contributed by atoms with van der Waals surface area (Å²) < 4.78 is 4.74. The van der Waals surface area contributed by atoms with Crippen molar-refractivity contribution in [1.82, 2.24) is 0 Å². The van der Waals surface area contributed by atoms with E-state index in [9.17, 15) is 15.0 Å². The fraction of sp³-hybridized carbons (Fsp3) is 0.857. The van der Waals surface area contributed by atoms with Crippen molar-refractivity contribution in [3.8, 4) is 0 Å². The van der Waals surface area contributed by atoms with Gasteiger partial charge in [-0.3, -0.25) is 0 Å². The molecule has 1 rings (SSSR count). The Labute approximate surface area is 98.0 Å². The summed E-state index contributed by atoms with van der Waals surface area (Å²) in [6.45, 7) is 1.58. The van der Waals surface area contributed by atoms with E-state index in [2.05, 4.69) is 0 Å². The average molecular weight is 198 g/mol. The molecule has 0 spiro atoms. The summed E-state index contributed by atoms with van der Waals surface area (Å²) in [5.41, 5.74) is 0. The van der Waals surface area contributed by atoms with Crippen LogP contribution in [0, 0.1) is 0 Å². The van der Waals surface area contributed by atoms with E-state index in [4.69, 9.17) is 9.84 Å². The van der Waals surface area contributed by atoms with Crippen LogP contribution in [-0.2, 0) is 9.53 Å². The van der Waals surface area contributed by atoms with Gasteiger partial charge in [-0.2, -0.15) is 0 Å². The number of aliphatic hydroxyl groups excluding tert-OH is 1. The molecule has 0 aromatic rings. The molecule has 0 aromatic heterocycles. The van der Waals surface area contributed by atoms with Crippen LogP contribution in [0.3, 0.4) is 0 Å². The fourth-order valence-electron chi connectivity index (χ4n) is 1.35. The zero-order chi connectivity index (χ0) is 9.35. The molecular formula is C7H11NaO5. The van der Waals surface area contributed by atoms with Gasteiger partial charge in [0, 0.05) is 6.42 Å². The van der Waals surface area contributed by atoms with Crippen molar-refractivity contribution < 1.29 is 54.4 Å². The molecular weight excluding hydrogens is 187 g/mol. The predicted molar refractivity (Wildman–Crippen MR) is 35.7 cm³/mol. The van der Waals surface area contributed by atoms with Gasteiger partial charge in [0.2, 0.25) is 5.79 Å². The number of ether oxygens (including phenoxy) is 1. The summed E-state index contributed by atoms with van der Waals surface area (Å²) in [6.07, 6.45) is -1.33. The third-order valence-corrected chi connectivity index (χ3v) is 1.83. The Hall–Kier alpha value is 0.350. The van der Waals surface area contributed by atoms with Gasteiger partial charge in [0.25, 0.3) is 0 Å². The average Bonchev–Trinajstić information content (AvgIpc) is 1.82. The molecule has 1 fully saturated rings. The molecule has 0 saturated carbocycles. The van der Waals surface area contributed by atoms with Crippen molar-refractivity contribution >= 4 is 5.97 Å². The SMILES string of the molecule is C[C@H]1C[C@@H](O)CC(O)(C(=O)[O-])O1.[Na+]. The number of carbonyl (C=O) groups excluding carboxylic acids is 1. The zero-order valence-corrected chi connectivity index (χ0v) is 9.69. The molecule has 0 radical (unpaired) electrons. The van der Waals surface area contributed by atoms with E-state index in [0.717, 1.165) is 0 Å². The zero-order valence-electron chi connectivity index (χ0n) is 7.69. The molecule has 2 N–H and O–H groups in total. The van der Waals surface area contributed by atoms with Crippen LogP contribution >= 0.6 is 0 Å². The van der Waals surface area contributed by atoms with Gasteiger partial charge in [0.1, 0.15) is 5.97 Å². The summed E-state index contributed by atoms with van der Waals surface area (Å²) in [5.74, 6) is -4.02. The van der Waals surface area contributed by atoms with Gasteiger partial charge >= 0.3 is 29.6 Å². The molecule has 6 heteroatoms. The molecule has 1 saturated heterocycles. The van der Waals surface area contributed by atoms with E-state index in [1.807, 2.05) is 0 Å². The van der Waals surface area contributed by atoms with Gasteiger partial charge in [-0.25, -0.2) is 0 Å². The van der Waals surface area contributed by atoms with E-state index in [-0.39, 0.29) is 36.0 Å². The maximum absolute atomic E-state index is 10.4. The third kappa shape index (κ3) is 3.19. The number of hydrogen-bond donors (Lipinski definition) is 2. The van der Waals surface area contributed by atoms with Crippen molar-refractivity contribution in [3.05, 3.63) is 0 Å². The van der Waals surface area contributed by atoms with Crippen molar-refractivity contribution in [2.75, 3.05) is 0 Å². The first-order valence-electron chi connectivity index (χ1n) is 3.74. The molecule has 1 heterocycles. The number of carboxylic acid groups (broad SMARTS) is 1. The molecule has 1 unspecified atom stereocenters. The molecule has 0 bridgehead atoms.